The van der Waals surface area contributed by atoms with Gasteiger partial charge in [-0.25, -0.2) is 0 Å². The van der Waals surface area contributed by atoms with E-state index in [1.165, 1.54) is 0 Å². The molecule has 1 amide bonds. The molecule has 0 aliphatic carbocycles. The number of para-hydroxylation sites is 2. The quantitative estimate of drug-likeness (QED) is 0.553. The van der Waals surface area contributed by atoms with Gasteiger partial charge in [-0.1, -0.05) is 17.3 Å². The van der Waals surface area contributed by atoms with E-state index in [1.54, 1.807) is 17.0 Å². The summed E-state index contributed by atoms with van der Waals surface area (Å²) < 4.78 is 17.2. The van der Waals surface area contributed by atoms with E-state index in [0.717, 1.165) is 41.5 Å². The van der Waals surface area contributed by atoms with Gasteiger partial charge in [-0.3, -0.25) is 4.79 Å². The second-order valence-electron chi connectivity index (χ2n) is 8.05. The molecule has 1 aromatic heterocycles. The van der Waals surface area contributed by atoms with Crippen molar-refractivity contribution in [1.82, 2.24) is 10.1 Å². The maximum atomic E-state index is 13.0. The summed E-state index contributed by atoms with van der Waals surface area (Å²) in [7, 11) is 1.81. The Labute approximate surface area is 188 Å². The number of amides is 1. The minimum absolute atomic E-state index is 0.0484. The Morgan fingerprint density at radius 3 is 2.62 bits per heavy atom. The number of ether oxygens (including phenoxy) is 2. The first-order valence-corrected chi connectivity index (χ1v) is 10.9. The molecule has 4 rings (SSSR count). The third-order valence-corrected chi connectivity index (χ3v) is 5.80. The lowest BCUT2D eigenvalue weighted by Crippen LogP contribution is -2.46. The van der Waals surface area contributed by atoms with Gasteiger partial charge in [0, 0.05) is 19.2 Å². The number of aromatic nitrogens is 1. The highest BCUT2D eigenvalue weighted by Crippen LogP contribution is 2.33. The number of hydrogen-bond donors (Lipinski definition) is 0. The molecule has 1 aliphatic heterocycles. The zero-order valence-corrected chi connectivity index (χ0v) is 19.0. The van der Waals surface area contributed by atoms with E-state index in [0.29, 0.717) is 24.5 Å². The van der Waals surface area contributed by atoms with E-state index in [4.69, 9.17) is 14.0 Å². The number of fused-ring (bicyclic) bond motifs is 1. The third-order valence-electron chi connectivity index (χ3n) is 5.80. The molecule has 0 N–H and O–H groups in total. The molecular formula is C25H29N3O4. The molecule has 0 bridgehead atoms. The summed E-state index contributed by atoms with van der Waals surface area (Å²) in [6, 6.07) is 15.2. The molecule has 1 atom stereocenters. The second-order valence-corrected chi connectivity index (χ2v) is 8.05. The largest absolute Gasteiger partial charge is 0.489 e. The first-order chi connectivity index (χ1) is 15.5. The number of hydrogen-bond acceptors (Lipinski definition) is 6. The van der Waals surface area contributed by atoms with E-state index in [-0.39, 0.29) is 12.0 Å². The van der Waals surface area contributed by atoms with Crippen molar-refractivity contribution < 1.29 is 18.8 Å². The highest BCUT2D eigenvalue weighted by Gasteiger charge is 2.27. The summed E-state index contributed by atoms with van der Waals surface area (Å²) in [5.74, 6) is 2.26. The van der Waals surface area contributed by atoms with Gasteiger partial charge in [-0.05, 0) is 57.2 Å². The Kier molecular flexibility index (Phi) is 6.35. The zero-order valence-electron chi connectivity index (χ0n) is 19.0. The topological polar surface area (TPSA) is 68.0 Å². The van der Waals surface area contributed by atoms with Crippen molar-refractivity contribution in [2.45, 2.75) is 33.5 Å². The van der Waals surface area contributed by atoms with E-state index in [9.17, 15) is 4.79 Å². The summed E-state index contributed by atoms with van der Waals surface area (Å²) in [6.07, 6.45) is -0.0866. The number of carbonyl (C=O) groups is 1. The Balaban J connectivity index is 1.36. The van der Waals surface area contributed by atoms with E-state index in [1.807, 2.05) is 51.2 Å². The monoisotopic (exact) mass is 435 g/mol. The number of nitrogens with zero attached hydrogens (tertiary/aromatic N) is 3. The van der Waals surface area contributed by atoms with Gasteiger partial charge in [0.25, 0.3) is 5.91 Å². The summed E-state index contributed by atoms with van der Waals surface area (Å²) in [4.78, 5) is 17.0. The first-order valence-electron chi connectivity index (χ1n) is 10.9. The van der Waals surface area contributed by atoms with Crippen molar-refractivity contribution in [2.24, 2.45) is 0 Å². The molecule has 7 nitrogen and oxygen atoms in total. The maximum Gasteiger partial charge on any atom is 0.253 e. The predicted molar refractivity (Wildman–Crippen MR) is 122 cm³/mol. The maximum absolute atomic E-state index is 13.0. The summed E-state index contributed by atoms with van der Waals surface area (Å²) in [5.41, 5.74) is 3.48. The van der Waals surface area contributed by atoms with Gasteiger partial charge in [0.1, 0.15) is 30.0 Å². The molecule has 2 aromatic carbocycles. The zero-order chi connectivity index (χ0) is 22.7. The molecule has 0 unspecified atom stereocenters. The Morgan fingerprint density at radius 2 is 1.94 bits per heavy atom. The number of rotatable bonds is 7. The fourth-order valence-corrected chi connectivity index (χ4v) is 3.94. The molecule has 7 heteroatoms. The molecule has 0 saturated carbocycles. The first kappa shape index (κ1) is 21.7. The van der Waals surface area contributed by atoms with Crippen LogP contribution < -0.4 is 14.4 Å². The van der Waals surface area contributed by atoms with E-state index < -0.39 is 0 Å². The van der Waals surface area contributed by atoms with Crippen molar-refractivity contribution in [1.29, 1.82) is 0 Å². The molecule has 0 fully saturated rings. The van der Waals surface area contributed by atoms with Crippen molar-refractivity contribution in [3.63, 3.8) is 0 Å². The average molecular weight is 436 g/mol. The lowest BCUT2D eigenvalue weighted by Gasteiger charge is -2.37. The average Bonchev–Trinajstić information content (AvgIpc) is 3.14. The van der Waals surface area contributed by atoms with Crippen LogP contribution in [0.25, 0.3) is 0 Å². The molecule has 2 heterocycles. The molecule has 0 saturated heterocycles. The minimum Gasteiger partial charge on any atom is -0.489 e. The van der Waals surface area contributed by atoms with Crippen molar-refractivity contribution in [3.8, 4) is 11.5 Å². The molecule has 0 spiro atoms. The summed E-state index contributed by atoms with van der Waals surface area (Å²) in [6.45, 7) is 8.41. The standard InChI is InChI=1S/C25H29N3O4/c1-5-28-15-21(31-24-9-7-6-8-23(24)28)14-27(4)25(29)19-10-12-20(13-11-19)30-16-22-17(2)26-32-18(22)3/h6-13,21H,5,14-16H2,1-4H3/t21-/m1/s1. The highest BCUT2D eigenvalue weighted by atomic mass is 16.5. The van der Waals surface area contributed by atoms with Crippen LogP contribution in [0.15, 0.2) is 53.1 Å². The van der Waals surface area contributed by atoms with Gasteiger partial charge >= 0.3 is 0 Å². The van der Waals surface area contributed by atoms with Crippen LogP contribution in [-0.2, 0) is 6.61 Å². The molecule has 168 valence electrons. The van der Waals surface area contributed by atoms with Crippen LogP contribution in [0.5, 0.6) is 11.5 Å². The number of benzene rings is 2. The fraction of sp³-hybridized carbons (Fsp3) is 0.360. The van der Waals surface area contributed by atoms with Gasteiger partial charge in [0.2, 0.25) is 0 Å². The lowest BCUT2D eigenvalue weighted by molar-refractivity contribution is 0.0709. The van der Waals surface area contributed by atoms with Crippen LogP contribution in [0.1, 0.15) is 34.3 Å². The predicted octanol–water partition coefficient (Wildman–Crippen LogP) is 4.23. The van der Waals surface area contributed by atoms with Gasteiger partial charge in [-0.2, -0.15) is 0 Å². The smallest absolute Gasteiger partial charge is 0.253 e. The van der Waals surface area contributed by atoms with Crippen molar-refractivity contribution in [3.05, 3.63) is 71.1 Å². The SMILES string of the molecule is CCN1C[C@@H](CN(C)C(=O)c2ccc(OCc3c(C)noc3C)cc2)Oc2ccccc21. The minimum atomic E-state index is -0.0866. The van der Waals surface area contributed by atoms with Gasteiger partial charge < -0.3 is 23.8 Å². The Morgan fingerprint density at radius 1 is 1.19 bits per heavy atom. The molecule has 1 aliphatic rings. The number of likely N-dealkylation sites (N-methyl/N-ethyl adjacent to an activating group) is 2. The van der Waals surface area contributed by atoms with Crippen LogP contribution in [0.3, 0.4) is 0 Å². The van der Waals surface area contributed by atoms with Crippen LogP contribution in [0, 0.1) is 13.8 Å². The highest BCUT2D eigenvalue weighted by molar-refractivity contribution is 5.94. The van der Waals surface area contributed by atoms with Crippen molar-refractivity contribution >= 4 is 11.6 Å². The Bertz CT molecular complexity index is 1060. The fourth-order valence-electron chi connectivity index (χ4n) is 3.94. The molecule has 0 radical (unpaired) electrons. The number of aryl methyl sites for hydroxylation is 2. The normalized spacial score (nSPS) is 15.1. The molecular weight excluding hydrogens is 406 g/mol. The van der Waals surface area contributed by atoms with Gasteiger partial charge in [-0.15, -0.1) is 0 Å². The van der Waals surface area contributed by atoms with Gasteiger partial charge in [0.05, 0.1) is 30.0 Å². The van der Waals surface area contributed by atoms with E-state index in [2.05, 4.69) is 23.0 Å². The van der Waals surface area contributed by atoms with Crippen molar-refractivity contribution in [2.75, 3.05) is 31.6 Å². The lowest BCUT2D eigenvalue weighted by atomic mass is 10.1. The molecule has 3 aromatic rings. The van der Waals surface area contributed by atoms with Crippen LogP contribution in [-0.4, -0.2) is 48.7 Å². The third kappa shape index (κ3) is 4.56. The Hall–Kier alpha value is -3.48. The van der Waals surface area contributed by atoms with Crippen LogP contribution in [0.4, 0.5) is 5.69 Å². The second kappa shape index (κ2) is 9.34. The summed E-state index contributed by atoms with van der Waals surface area (Å²) in [5, 5.41) is 3.94. The van der Waals surface area contributed by atoms with Gasteiger partial charge in [0.15, 0.2) is 0 Å². The van der Waals surface area contributed by atoms with E-state index >= 15 is 0 Å². The summed E-state index contributed by atoms with van der Waals surface area (Å²) >= 11 is 0. The molecule has 32 heavy (non-hydrogen) atoms. The van der Waals surface area contributed by atoms with Crippen LogP contribution in [0.2, 0.25) is 0 Å². The number of carbonyl (C=O) groups excluding carboxylic acids is 1. The van der Waals surface area contributed by atoms with Crippen LogP contribution >= 0.6 is 0 Å². The number of anilines is 1.